The Morgan fingerprint density at radius 1 is 1.50 bits per heavy atom. The second-order valence-electron chi connectivity index (χ2n) is 4.15. The second kappa shape index (κ2) is 6.72. The molecule has 0 aliphatic rings. The van der Waals surface area contributed by atoms with Crippen LogP contribution in [0.15, 0.2) is 24.4 Å². The van der Waals surface area contributed by atoms with Gasteiger partial charge in [0.1, 0.15) is 0 Å². The predicted molar refractivity (Wildman–Crippen MR) is 81.6 cm³/mol. The maximum Gasteiger partial charge on any atom is 0.340 e. The summed E-state index contributed by atoms with van der Waals surface area (Å²) in [6, 6.07) is 5.55. The van der Waals surface area contributed by atoms with Crippen LogP contribution in [0.1, 0.15) is 27.7 Å². The summed E-state index contributed by atoms with van der Waals surface area (Å²) in [5.74, 6) is -0.318. The van der Waals surface area contributed by atoms with Gasteiger partial charge in [0, 0.05) is 11.1 Å². The van der Waals surface area contributed by atoms with E-state index in [1.165, 1.54) is 11.3 Å². The monoisotopic (exact) mass is 310 g/mol. The minimum atomic E-state index is -0.318. The van der Waals surface area contributed by atoms with Crippen molar-refractivity contribution in [2.24, 2.45) is 0 Å². The van der Waals surface area contributed by atoms with Crippen molar-refractivity contribution in [2.45, 2.75) is 20.4 Å². The van der Waals surface area contributed by atoms with E-state index < -0.39 is 0 Å². The van der Waals surface area contributed by atoms with Gasteiger partial charge in [0.05, 0.1) is 24.4 Å². The lowest BCUT2D eigenvalue weighted by Crippen LogP contribution is -2.10. The summed E-state index contributed by atoms with van der Waals surface area (Å²) in [5, 5.41) is 3.26. The highest BCUT2D eigenvalue weighted by Gasteiger charge is 2.14. The molecule has 4 nitrogen and oxygen atoms in total. The number of thiazole rings is 1. The molecule has 0 spiro atoms. The highest BCUT2D eigenvalue weighted by molar-refractivity contribution is 7.15. The highest BCUT2D eigenvalue weighted by atomic mass is 35.5. The van der Waals surface area contributed by atoms with Gasteiger partial charge in [-0.25, -0.2) is 9.78 Å². The van der Waals surface area contributed by atoms with E-state index in [4.69, 9.17) is 16.3 Å². The molecule has 6 heteroatoms. The fourth-order valence-electron chi connectivity index (χ4n) is 1.82. The lowest BCUT2D eigenvalue weighted by atomic mass is 10.1. The van der Waals surface area contributed by atoms with E-state index in [2.05, 4.69) is 10.3 Å². The number of nitrogens with one attached hydrogen (secondary N) is 1. The lowest BCUT2D eigenvalue weighted by Gasteiger charge is -2.13. The maximum absolute atomic E-state index is 11.9. The molecule has 0 amide bonds. The molecule has 0 bridgehead atoms. The zero-order valence-electron chi connectivity index (χ0n) is 11.3. The molecule has 0 unspecified atom stereocenters. The lowest BCUT2D eigenvalue weighted by molar-refractivity contribution is 0.0527. The van der Waals surface area contributed by atoms with E-state index in [9.17, 15) is 4.79 Å². The number of esters is 1. The van der Waals surface area contributed by atoms with Crippen LogP contribution in [0.2, 0.25) is 4.47 Å². The van der Waals surface area contributed by atoms with Crippen molar-refractivity contribution in [3.63, 3.8) is 0 Å². The Morgan fingerprint density at radius 2 is 2.30 bits per heavy atom. The fourth-order valence-corrected chi connectivity index (χ4v) is 2.74. The molecule has 1 N–H and O–H groups in total. The van der Waals surface area contributed by atoms with Gasteiger partial charge < -0.3 is 10.1 Å². The standard InChI is InChI=1S/C14H15ClN2O2S/c1-3-19-13(18)11-6-4-5-9(2)12(11)16-7-10-8-17-14(15)20-10/h4-6,8,16H,3,7H2,1-2H3. The summed E-state index contributed by atoms with van der Waals surface area (Å²) in [5.41, 5.74) is 2.32. The Hall–Kier alpha value is -1.59. The molecule has 2 rings (SSSR count). The Bertz CT molecular complexity index is 613. The first-order valence-electron chi connectivity index (χ1n) is 6.22. The van der Waals surface area contributed by atoms with Gasteiger partial charge in [-0.1, -0.05) is 23.7 Å². The number of halogens is 1. The Morgan fingerprint density at radius 3 is 2.95 bits per heavy atom. The van der Waals surface area contributed by atoms with Gasteiger partial charge in [0.15, 0.2) is 4.47 Å². The summed E-state index contributed by atoms with van der Waals surface area (Å²) < 4.78 is 5.58. The van der Waals surface area contributed by atoms with Crippen LogP contribution in [0.4, 0.5) is 5.69 Å². The maximum atomic E-state index is 11.9. The molecular formula is C14H15ClN2O2S. The van der Waals surface area contributed by atoms with E-state index in [0.29, 0.717) is 23.2 Å². The van der Waals surface area contributed by atoms with Gasteiger partial charge in [-0.05, 0) is 25.5 Å². The SMILES string of the molecule is CCOC(=O)c1cccc(C)c1NCc1cnc(Cl)s1. The molecule has 0 aliphatic carbocycles. The summed E-state index contributed by atoms with van der Waals surface area (Å²) in [6.07, 6.45) is 1.72. The fraction of sp³-hybridized carbons (Fsp3) is 0.286. The normalized spacial score (nSPS) is 10.3. The van der Waals surface area contributed by atoms with Gasteiger partial charge in [-0.15, -0.1) is 11.3 Å². The smallest absolute Gasteiger partial charge is 0.340 e. The number of aromatic nitrogens is 1. The third-order valence-corrected chi connectivity index (χ3v) is 3.85. The quantitative estimate of drug-likeness (QED) is 0.851. The van der Waals surface area contributed by atoms with Crippen LogP contribution >= 0.6 is 22.9 Å². The van der Waals surface area contributed by atoms with Crippen LogP contribution in [0.3, 0.4) is 0 Å². The van der Waals surface area contributed by atoms with Crippen LogP contribution in [0.5, 0.6) is 0 Å². The number of aryl methyl sites for hydroxylation is 1. The van der Waals surface area contributed by atoms with E-state index in [-0.39, 0.29) is 5.97 Å². The zero-order valence-corrected chi connectivity index (χ0v) is 12.8. The number of rotatable bonds is 5. The molecule has 1 aromatic heterocycles. The van der Waals surface area contributed by atoms with Crippen LogP contribution in [-0.2, 0) is 11.3 Å². The van der Waals surface area contributed by atoms with Crippen LogP contribution in [0, 0.1) is 6.92 Å². The summed E-state index contributed by atoms with van der Waals surface area (Å²) >= 11 is 7.21. The third kappa shape index (κ3) is 3.49. The molecule has 0 saturated heterocycles. The van der Waals surface area contributed by atoms with Crippen molar-refractivity contribution in [3.05, 3.63) is 44.9 Å². The van der Waals surface area contributed by atoms with Crippen molar-refractivity contribution in [2.75, 3.05) is 11.9 Å². The third-order valence-electron chi connectivity index (χ3n) is 2.73. The first-order chi connectivity index (χ1) is 9.61. The van der Waals surface area contributed by atoms with Crippen LogP contribution < -0.4 is 5.32 Å². The molecule has 0 aliphatic heterocycles. The number of benzene rings is 1. The molecule has 1 heterocycles. The summed E-state index contributed by atoms with van der Waals surface area (Å²) in [4.78, 5) is 16.9. The molecule has 0 fully saturated rings. The molecule has 106 valence electrons. The average Bonchev–Trinajstić information content (AvgIpc) is 2.83. The first kappa shape index (κ1) is 14.8. The van der Waals surface area contributed by atoms with Gasteiger partial charge in [0.2, 0.25) is 0 Å². The number of para-hydroxylation sites is 1. The molecule has 0 atom stereocenters. The van der Waals surface area contributed by atoms with Gasteiger partial charge >= 0.3 is 5.97 Å². The van der Waals surface area contributed by atoms with E-state index in [0.717, 1.165) is 16.1 Å². The average molecular weight is 311 g/mol. The van der Waals surface area contributed by atoms with E-state index >= 15 is 0 Å². The topological polar surface area (TPSA) is 51.2 Å². The van der Waals surface area contributed by atoms with Gasteiger partial charge in [0.25, 0.3) is 0 Å². The molecule has 1 aromatic carbocycles. The Balaban J connectivity index is 2.19. The zero-order chi connectivity index (χ0) is 14.5. The summed E-state index contributed by atoms with van der Waals surface area (Å²) in [7, 11) is 0. The highest BCUT2D eigenvalue weighted by Crippen LogP contribution is 2.24. The van der Waals surface area contributed by atoms with Crippen molar-refractivity contribution in [1.82, 2.24) is 4.98 Å². The van der Waals surface area contributed by atoms with Gasteiger partial charge in [-0.3, -0.25) is 0 Å². The van der Waals surface area contributed by atoms with E-state index in [1.54, 1.807) is 19.2 Å². The van der Waals surface area contributed by atoms with Crippen molar-refractivity contribution < 1.29 is 9.53 Å². The minimum absolute atomic E-state index is 0.318. The molecule has 0 radical (unpaired) electrons. The van der Waals surface area contributed by atoms with Crippen molar-refractivity contribution in [3.8, 4) is 0 Å². The van der Waals surface area contributed by atoms with Crippen molar-refractivity contribution >= 4 is 34.6 Å². The largest absolute Gasteiger partial charge is 0.462 e. The van der Waals surface area contributed by atoms with Crippen molar-refractivity contribution in [1.29, 1.82) is 0 Å². The minimum Gasteiger partial charge on any atom is -0.462 e. The second-order valence-corrected chi connectivity index (χ2v) is 5.85. The number of ether oxygens (including phenoxy) is 1. The number of anilines is 1. The van der Waals surface area contributed by atoms with Crippen LogP contribution in [0.25, 0.3) is 0 Å². The predicted octanol–water partition coefficient (Wildman–Crippen LogP) is 3.89. The number of hydrogen-bond acceptors (Lipinski definition) is 5. The number of carbonyl (C=O) groups excluding carboxylic acids is 1. The van der Waals surface area contributed by atoms with Crippen LogP contribution in [-0.4, -0.2) is 17.6 Å². The Kier molecular flexibility index (Phi) is 4.98. The van der Waals surface area contributed by atoms with E-state index in [1.807, 2.05) is 19.1 Å². The summed E-state index contributed by atoms with van der Waals surface area (Å²) in [6.45, 7) is 4.67. The molecular weight excluding hydrogens is 296 g/mol. The number of carbonyl (C=O) groups is 1. The molecule has 2 aromatic rings. The number of nitrogens with zero attached hydrogens (tertiary/aromatic N) is 1. The first-order valence-corrected chi connectivity index (χ1v) is 7.42. The van der Waals surface area contributed by atoms with Gasteiger partial charge in [-0.2, -0.15) is 0 Å². The Labute approximate surface area is 126 Å². The number of hydrogen-bond donors (Lipinski definition) is 1. The molecule has 20 heavy (non-hydrogen) atoms. The molecule has 0 saturated carbocycles.